The summed E-state index contributed by atoms with van der Waals surface area (Å²) in [4.78, 5) is 27.2. The number of carbonyl (C=O) groups excluding carboxylic acids is 1. The number of carboxylic acids is 1. The van der Waals surface area contributed by atoms with Crippen LogP contribution in [0.4, 0.5) is 5.69 Å². The molecule has 4 rings (SSSR count). The predicted octanol–water partition coefficient (Wildman–Crippen LogP) is 2.29. The highest BCUT2D eigenvalue weighted by Gasteiger charge is 2.39. The average Bonchev–Trinajstić information content (AvgIpc) is 3.04. The molecular formula is C18H18N2O4S2. The number of hydrogen-bond donors (Lipinski definition) is 1. The van der Waals surface area contributed by atoms with Crippen molar-refractivity contribution in [1.82, 2.24) is 4.90 Å². The number of fused-ring (bicyclic) bond motifs is 3. The first-order valence-electron chi connectivity index (χ1n) is 8.37. The molecule has 1 N–H and O–H groups in total. The third-order valence-corrected chi connectivity index (χ3v) is 6.49. The Morgan fingerprint density at radius 3 is 3.08 bits per heavy atom. The standard InChI is InChI=1S/C18H18N2O4S2/c1-19-13-3-2-10(6-11(13)12-9-24-5-4-14(12)19)7-15-17(23)20(8-16(21)22)18(25)26-15/h2-3,6-7,12,14H,4-5,8-9H2,1H3,(H,21,22). The Balaban J connectivity index is 1.63. The Labute approximate surface area is 160 Å². The molecule has 0 saturated carbocycles. The van der Waals surface area contributed by atoms with Crippen molar-refractivity contribution < 1.29 is 19.4 Å². The van der Waals surface area contributed by atoms with E-state index in [1.807, 2.05) is 6.07 Å². The summed E-state index contributed by atoms with van der Waals surface area (Å²) in [6, 6.07) is 6.63. The fraction of sp³-hybridized carbons (Fsp3) is 0.389. The first kappa shape index (κ1) is 17.5. The molecule has 2 fully saturated rings. The van der Waals surface area contributed by atoms with Gasteiger partial charge in [-0.15, -0.1) is 0 Å². The summed E-state index contributed by atoms with van der Waals surface area (Å²) in [6.45, 7) is 1.10. The van der Waals surface area contributed by atoms with Crippen molar-refractivity contribution in [3.63, 3.8) is 0 Å². The molecule has 1 aromatic carbocycles. The van der Waals surface area contributed by atoms with E-state index in [1.54, 1.807) is 6.08 Å². The smallest absolute Gasteiger partial charge is 0.323 e. The van der Waals surface area contributed by atoms with Crippen LogP contribution in [0.15, 0.2) is 23.1 Å². The van der Waals surface area contributed by atoms with Gasteiger partial charge in [-0.1, -0.05) is 30.0 Å². The maximum atomic E-state index is 12.4. The number of thioether (sulfide) groups is 1. The molecule has 3 heterocycles. The number of likely N-dealkylation sites (N-methyl/N-ethyl adjacent to an activating group) is 1. The first-order valence-corrected chi connectivity index (χ1v) is 9.60. The molecule has 1 amide bonds. The van der Waals surface area contributed by atoms with Crippen molar-refractivity contribution in [2.75, 3.05) is 31.7 Å². The van der Waals surface area contributed by atoms with Crippen LogP contribution in [0, 0.1) is 0 Å². The molecule has 0 bridgehead atoms. The predicted molar refractivity (Wildman–Crippen MR) is 104 cm³/mol. The molecule has 1 aromatic rings. The van der Waals surface area contributed by atoms with E-state index < -0.39 is 12.5 Å². The van der Waals surface area contributed by atoms with E-state index >= 15 is 0 Å². The highest BCUT2D eigenvalue weighted by atomic mass is 32.2. The Bertz CT molecular complexity index is 838. The van der Waals surface area contributed by atoms with Gasteiger partial charge < -0.3 is 14.7 Å². The lowest BCUT2D eigenvalue weighted by Gasteiger charge is -2.30. The monoisotopic (exact) mass is 390 g/mol. The fourth-order valence-corrected chi connectivity index (χ4v) is 5.12. The van der Waals surface area contributed by atoms with E-state index in [9.17, 15) is 9.59 Å². The summed E-state index contributed by atoms with van der Waals surface area (Å²) in [6.07, 6.45) is 2.80. The third kappa shape index (κ3) is 2.91. The van der Waals surface area contributed by atoms with Gasteiger partial charge in [0.2, 0.25) is 0 Å². The molecule has 0 aliphatic carbocycles. The summed E-state index contributed by atoms with van der Waals surface area (Å²) in [7, 11) is 2.12. The van der Waals surface area contributed by atoms with Crippen LogP contribution in [-0.2, 0) is 14.3 Å². The highest BCUT2D eigenvalue weighted by molar-refractivity contribution is 8.26. The number of benzene rings is 1. The Morgan fingerprint density at radius 2 is 2.31 bits per heavy atom. The minimum absolute atomic E-state index is 0.283. The molecule has 8 heteroatoms. The number of rotatable bonds is 3. The maximum Gasteiger partial charge on any atom is 0.323 e. The van der Waals surface area contributed by atoms with Crippen LogP contribution in [0.2, 0.25) is 0 Å². The van der Waals surface area contributed by atoms with Crippen LogP contribution in [0.25, 0.3) is 6.08 Å². The van der Waals surface area contributed by atoms with Crippen LogP contribution >= 0.6 is 24.0 Å². The van der Waals surface area contributed by atoms with E-state index in [2.05, 4.69) is 24.1 Å². The van der Waals surface area contributed by atoms with Crippen LogP contribution in [-0.4, -0.2) is 59.1 Å². The number of hydrogen-bond acceptors (Lipinski definition) is 6. The lowest BCUT2D eigenvalue weighted by Crippen LogP contribution is -2.36. The van der Waals surface area contributed by atoms with E-state index in [4.69, 9.17) is 22.1 Å². The SMILES string of the molecule is CN1c2ccc(C=C3SC(=S)N(CC(=O)O)C3=O)cc2C2COCCC21. The molecule has 2 atom stereocenters. The normalized spacial score (nSPS) is 26.4. The van der Waals surface area contributed by atoms with Crippen LogP contribution < -0.4 is 4.90 Å². The van der Waals surface area contributed by atoms with Gasteiger partial charge in [0.1, 0.15) is 10.9 Å². The molecule has 6 nitrogen and oxygen atoms in total. The zero-order chi connectivity index (χ0) is 18.4. The van der Waals surface area contributed by atoms with Crippen molar-refractivity contribution in [3.05, 3.63) is 34.2 Å². The number of aliphatic carboxylic acids is 1. The topological polar surface area (TPSA) is 70.1 Å². The second kappa shape index (κ2) is 6.68. The van der Waals surface area contributed by atoms with Gasteiger partial charge in [0.25, 0.3) is 5.91 Å². The van der Waals surface area contributed by atoms with Gasteiger partial charge in [-0.2, -0.15) is 0 Å². The number of thiocarbonyl (C=S) groups is 1. The molecular weight excluding hydrogens is 372 g/mol. The van der Waals surface area contributed by atoms with E-state index in [0.29, 0.717) is 23.5 Å². The largest absolute Gasteiger partial charge is 0.480 e. The summed E-state index contributed by atoms with van der Waals surface area (Å²) in [5, 5.41) is 8.93. The van der Waals surface area contributed by atoms with Crippen molar-refractivity contribution >= 4 is 51.9 Å². The fourth-order valence-electron chi connectivity index (χ4n) is 3.87. The van der Waals surface area contributed by atoms with Crippen molar-refractivity contribution in [2.45, 2.75) is 18.4 Å². The number of ether oxygens (including phenoxy) is 1. The lowest BCUT2D eigenvalue weighted by molar-refractivity contribution is -0.140. The third-order valence-electron chi connectivity index (χ3n) is 5.11. The minimum Gasteiger partial charge on any atom is -0.480 e. The van der Waals surface area contributed by atoms with Crippen LogP contribution in [0.5, 0.6) is 0 Å². The number of nitrogens with zero attached hydrogens (tertiary/aromatic N) is 2. The second-order valence-electron chi connectivity index (χ2n) is 6.63. The van der Waals surface area contributed by atoms with Gasteiger partial charge in [-0.05, 0) is 35.8 Å². The van der Waals surface area contributed by atoms with E-state index in [0.717, 1.165) is 35.3 Å². The first-order chi connectivity index (χ1) is 12.5. The van der Waals surface area contributed by atoms with E-state index in [-0.39, 0.29) is 10.2 Å². The number of anilines is 1. The number of carboxylic acid groups (broad SMARTS) is 1. The molecule has 0 radical (unpaired) electrons. The Kier molecular flexibility index (Phi) is 4.50. The quantitative estimate of drug-likeness (QED) is 0.627. The highest BCUT2D eigenvalue weighted by Crippen LogP contribution is 2.44. The maximum absolute atomic E-state index is 12.4. The van der Waals surface area contributed by atoms with Gasteiger partial charge in [-0.25, -0.2) is 0 Å². The molecule has 3 aliphatic rings. The van der Waals surface area contributed by atoms with Crippen molar-refractivity contribution in [1.29, 1.82) is 0 Å². The zero-order valence-corrected chi connectivity index (χ0v) is 15.8. The number of amides is 1. The molecule has 136 valence electrons. The van der Waals surface area contributed by atoms with Gasteiger partial charge >= 0.3 is 5.97 Å². The zero-order valence-electron chi connectivity index (χ0n) is 14.2. The Hall–Kier alpha value is -1.90. The van der Waals surface area contributed by atoms with Crippen molar-refractivity contribution in [3.8, 4) is 0 Å². The van der Waals surface area contributed by atoms with E-state index in [1.165, 1.54) is 11.3 Å². The molecule has 0 spiro atoms. The molecule has 26 heavy (non-hydrogen) atoms. The average molecular weight is 390 g/mol. The summed E-state index contributed by atoms with van der Waals surface area (Å²) >= 11 is 6.29. The number of carbonyl (C=O) groups is 2. The van der Waals surface area contributed by atoms with Gasteiger partial charge in [0.05, 0.1) is 11.5 Å². The lowest BCUT2D eigenvalue weighted by atomic mass is 9.91. The van der Waals surface area contributed by atoms with Gasteiger partial charge in [-0.3, -0.25) is 14.5 Å². The van der Waals surface area contributed by atoms with Crippen molar-refractivity contribution in [2.24, 2.45) is 0 Å². The summed E-state index contributed by atoms with van der Waals surface area (Å²) in [5.74, 6) is -1.08. The van der Waals surface area contributed by atoms with Gasteiger partial charge in [0, 0.05) is 31.3 Å². The van der Waals surface area contributed by atoms with Crippen LogP contribution in [0.1, 0.15) is 23.5 Å². The molecule has 2 saturated heterocycles. The molecule has 0 aromatic heterocycles. The van der Waals surface area contributed by atoms with Gasteiger partial charge in [0.15, 0.2) is 0 Å². The Morgan fingerprint density at radius 1 is 1.50 bits per heavy atom. The van der Waals surface area contributed by atoms with Crippen LogP contribution in [0.3, 0.4) is 0 Å². The summed E-state index contributed by atoms with van der Waals surface area (Å²) < 4.78 is 5.95. The molecule has 2 unspecified atom stereocenters. The molecule has 3 aliphatic heterocycles. The second-order valence-corrected chi connectivity index (χ2v) is 8.30. The summed E-state index contributed by atoms with van der Waals surface area (Å²) in [5.41, 5.74) is 3.37. The minimum atomic E-state index is -1.08.